The molecule has 5 nitrogen and oxygen atoms in total. The molecule has 24 heavy (non-hydrogen) atoms. The van der Waals surface area contributed by atoms with Crippen LogP contribution in [0.25, 0.3) is 0 Å². The number of anilines is 2. The summed E-state index contributed by atoms with van der Waals surface area (Å²) in [5.41, 5.74) is 3.37. The standard InChI is InChI=1S/C19H21N3O2/c1-13-6-8-15(9-7-13)19(10-11-19)22-18(24)21-17-5-3-4-16(12-17)20-14(2)23/h3-9,12H,10-11H2,1-2H3,(H,20,23)(H2,21,22,24). The summed E-state index contributed by atoms with van der Waals surface area (Å²) in [6, 6.07) is 15.1. The van der Waals surface area contributed by atoms with E-state index in [-0.39, 0.29) is 17.5 Å². The highest BCUT2D eigenvalue weighted by Gasteiger charge is 2.45. The molecule has 0 radical (unpaired) electrons. The van der Waals surface area contributed by atoms with Gasteiger partial charge in [-0.1, -0.05) is 35.9 Å². The lowest BCUT2D eigenvalue weighted by molar-refractivity contribution is -0.114. The van der Waals surface area contributed by atoms with E-state index < -0.39 is 0 Å². The topological polar surface area (TPSA) is 70.2 Å². The first-order chi connectivity index (χ1) is 11.5. The smallest absolute Gasteiger partial charge is 0.319 e. The van der Waals surface area contributed by atoms with E-state index in [4.69, 9.17) is 0 Å². The predicted molar refractivity (Wildman–Crippen MR) is 95.0 cm³/mol. The minimum Gasteiger partial charge on any atom is -0.328 e. The molecule has 2 aromatic carbocycles. The summed E-state index contributed by atoms with van der Waals surface area (Å²) in [5, 5.41) is 8.61. The highest BCUT2D eigenvalue weighted by Crippen LogP contribution is 2.45. The first kappa shape index (κ1) is 16.1. The van der Waals surface area contributed by atoms with Gasteiger partial charge in [0.05, 0.1) is 5.54 Å². The van der Waals surface area contributed by atoms with Crippen molar-refractivity contribution in [2.75, 3.05) is 10.6 Å². The fourth-order valence-electron chi connectivity index (χ4n) is 2.74. The number of nitrogens with one attached hydrogen (secondary N) is 3. The van der Waals surface area contributed by atoms with Crippen LogP contribution in [-0.4, -0.2) is 11.9 Å². The van der Waals surface area contributed by atoms with Gasteiger partial charge in [-0.3, -0.25) is 4.79 Å². The fraction of sp³-hybridized carbons (Fsp3) is 0.263. The van der Waals surface area contributed by atoms with Gasteiger partial charge in [0, 0.05) is 18.3 Å². The van der Waals surface area contributed by atoms with Gasteiger partial charge in [0.25, 0.3) is 0 Å². The van der Waals surface area contributed by atoms with Crippen LogP contribution in [0.3, 0.4) is 0 Å². The van der Waals surface area contributed by atoms with Crippen LogP contribution in [0.15, 0.2) is 48.5 Å². The van der Waals surface area contributed by atoms with E-state index in [0.29, 0.717) is 11.4 Å². The fourth-order valence-corrected chi connectivity index (χ4v) is 2.74. The van der Waals surface area contributed by atoms with E-state index in [2.05, 4.69) is 40.2 Å². The number of carbonyl (C=O) groups is 2. The van der Waals surface area contributed by atoms with Gasteiger partial charge in [-0.25, -0.2) is 4.79 Å². The van der Waals surface area contributed by atoms with Crippen LogP contribution in [0.1, 0.15) is 30.9 Å². The van der Waals surface area contributed by atoms with Gasteiger partial charge in [-0.05, 0) is 43.5 Å². The summed E-state index contributed by atoms with van der Waals surface area (Å²) < 4.78 is 0. The van der Waals surface area contributed by atoms with Crippen LogP contribution in [-0.2, 0) is 10.3 Å². The van der Waals surface area contributed by atoms with Gasteiger partial charge < -0.3 is 16.0 Å². The van der Waals surface area contributed by atoms with Crippen LogP contribution in [0.5, 0.6) is 0 Å². The molecule has 0 bridgehead atoms. The lowest BCUT2D eigenvalue weighted by Gasteiger charge is -2.19. The number of hydrogen-bond donors (Lipinski definition) is 3. The van der Waals surface area contributed by atoms with Crippen LogP contribution >= 0.6 is 0 Å². The molecule has 3 N–H and O–H groups in total. The van der Waals surface area contributed by atoms with Crippen molar-refractivity contribution < 1.29 is 9.59 Å². The third-order valence-electron chi connectivity index (χ3n) is 4.15. The largest absolute Gasteiger partial charge is 0.328 e. The molecule has 1 aliphatic rings. The zero-order valence-electron chi connectivity index (χ0n) is 13.8. The SMILES string of the molecule is CC(=O)Nc1cccc(NC(=O)NC2(c3ccc(C)cc3)CC2)c1. The second-order valence-corrected chi connectivity index (χ2v) is 6.29. The van der Waals surface area contributed by atoms with Gasteiger partial charge in [-0.15, -0.1) is 0 Å². The maximum Gasteiger partial charge on any atom is 0.319 e. The molecule has 0 atom stereocenters. The molecule has 0 saturated heterocycles. The number of urea groups is 1. The lowest BCUT2D eigenvalue weighted by Crippen LogP contribution is -2.38. The average Bonchev–Trinajstić information content (AvgIpc) is 3.28. The molecular formula is C19H21N3O2. The highest BCUT2D eigenvalue weighted by molar-refractivity contribution is 5.93. The maximum absolute atomic E-state index is 12.3. The number of hydrogen-bond acceptors (Lipinski definition) is 2. The molecule has 0 heterocycles. The molecule has 1 aliphatic carbocycles. The monoisotopic (exact) mass is 323 g/mol. The number of benzene rings is 2. The van der Waals surface area contributed by atoms with Crippen LogP contribution < -0.4 is 16.0 Å². The van der Waals surface area contributed by atoms with Gasteiger partial charge in [-0.2, -0.15) is 0 Å². The van der Waals surface area contributed by atoms with E-state index in [1.807, 2.05) is 6.92 Å². The minimum absolute atomic E-state index is 0.145. The molecule has 0 aliphatic heterocycles. The summed E-state index contributed by atoms with van der Waals surface area (Å²) in [4.78, 5) is 23.4. The Bertz CT molecular complexity index is 764. The molecule has 1 fully saturated rings. The summed E-state index contributed by atoms with van der Waals surface area (Å²) in [5.74, 6) is -0.145. The summed E-state index contributed by atoms with van der Waals surface area (Å²) in [6.45, 7) is 3.50. The molecule has 0 unspecified atom stereocenters. The molecule has 2 aromatic rings. The first-order valence-electron chi connectivity index (χ1n) is 8.01. The van der Waals surface area contributed by atoms with Gasteiger partial charge in [0.15, 0.2) is 0 Å². The summed E-state index contributed by atoms with van der Waals surface area (Å²) in [7, 11) is 0. The second kappa shape index (κ2) is 6.35. The Hall–Kier alpha value is -2.82. The number of carbonyl (C=O) groups excluding carboxylic acids is 2. The molecule has 124 valence electrons. The van der Waals surface area contributed by atoms with Gasteiger partial charge in [0.1, 0.15) is 0 Å². The van der Waals surface area contributed by atoms with Crippen molar-refractivity contribution in [1.82, 2.24) is 5.32 Å². The van der Waals surface area contributed by atoms with Crippen molar-refractivity contribution in [2.45, 2.75) is 32.2 Å². The average molecular weight is 323 g/mol. The molecule has 0 spiro atoms. The third kappa shape index (κ3) is 3.74. The van der Waals surface area contributed by atoms with Crippen molar-refractivity contribution in [3.05, 3.63) is 59.7 Å². The van der Waals surface area contributed by atoms with E-state index >= 15 is 0 Å². The number of rotatable bonds is 4. The zero-order chi connectivity index (χ0) is 17.2. The number of amides is 3. The molecule has 1 saturated carbocycles. The number of aryl methyl sites for hydroxylation is 1. The van der Waals surface area contributed by atoms with Crippen LogP contribution in [0, 0.1) is 6.92 Å². The molecule has 3 amide bonds. The Morgan fingerprint density at radius 3 is 2.17 bits per heavy atom. The molecule has 5 heteroatoms. The zero-order valence-corrected chi connectivity index (χ0v) is 13.8. The maximum atomic E-state index is 12.3. The second-order valence-electron chi connectivity index (χ2n) is 6.29. The van der Waals surface area contributed by atoms with E-state index in [9.17, 15) is 9.59 Å². The van der Waals surface area contributed by atoms with Crippen LogP contribution in [0.2, 0.25) is 0 Å². The van der Waals surface area contributed by atoms with Crippen molar-refractivity contribution in [3.63, 3.8) is 0 Å². The Kier molecular flexibility index (Phi) is 4.25. The summed E-state index contributed by atoms with van der Waals surface area (Å²) in [6.07, 6.45) is 1.88. The van der Waals surface area contributed by atoms with Crippen LogP contribution in [0.4, 0.5) is 16.2 Å². The van der Waals surface area contributed by atoms with Gasteiger partial charge in [0.2, 0.25) is 5.91 Å². The Balaban J connectivity index is 1.65. The summed E-state index contributed by atoms with van der Waals surface area (Å²) >= 11 is 0. The predicted octanol–water partition coefficient (Wildman–Crippen LogP) is 3.76. The van der Waals surface area contributed by atoms with E-state index in [0.717, 1.165) is 18.4 Å². The molecule has 0 aromatic heterocycles. The lowest BCUT2D eigenvalue weighted by atomic mass is 10.0. The quantitative estimate of drug-likeness (QED) is 0.801. The van der Waals surface area contributed by atoms with E-state index in [1.165, 1.54) is 12.5 Å². The Labute approximate surface area is 141 Å². The minimum atomic E-state index is -0.257. The van der Waals surface area contributed by atoms with Crippen molar-refractivity contribution in [1.29, 1.82) is 0 Å². The van der Waals surface area contributed by atoms with Gasteiger partial charge >= 0.3 is 6.03 Å². The third-order valence-corrected chi connectivity index (χ3v) is 4.15. The van der Waals surface area contributed by atoms with Crippen molar-refractivity contribution >= 4 is 23.3 Å². The Morgan fingerprint density at radius 2 is 1.58 bits per heavy atom. The highest BCUT2D eigenvalue weighted by atomic mass is 16.2. The van der Waals surface area contributed by atoms with E-state index in [1.54, 1.807) is 24.3 Å². The van der Waals surface area contributed by atoms with Crippen molar-refractivity contribution in [2.24, 2.45) is 0 Å². The first-order valence-corrected chi connectivity index (χ1v) is 8.01. The Morgan fingerprint density at radius 1 is 0.958 bits per heavy atom. The molecular weight excluding hydrogens is 302 g/mol. The molecule has 3 rings (SSSR count). The normalized spacial score (nSPS) is 14.6. The van der Waals surface area contributed by atoms with Crippen molar-refractivity contribution in [3.8, 4) is 0 Å².